The molecule has 1 fully saturated rings. The van der Waals surface area contributed by atoms with Crippen LogP contribution >= 0.6 is 22.9 Å². The Morgan fingerprint density at radius 2 is 1.97 bits per heavy atom. The van der Waals surface area contributed by atoms with E-state index in [0.29, 0.717) is 11.5 Å². The number of Topliss-reactive ketones (excluding diaryl/α,β-unsaturated/α-hetero) is 1. The number of methoxy groups -OCH3 is 2. The Morgan fingerprint density at radius 1 is 1.19 bits per heavy atom. The Morgan fingerprint density at radius 3 is 2.58 bits per heavy atom. The number of amides is 1. The summed E-state index contributed by atoms with van der Waals surface area (Å²) >= 11 is 7.55. The Hall–Kier alpha value is -3.23. The third kappa shape index (κ3) is 3.68. The van der Waals surface area contributed by atoms with Gasteiger partial charge in [-0.3, -0.25) is 9.59 Å². The maximum absolute atomic E-state index is 13.1. The fraction of sp³-hybridized carbons (Fsp3) is 0.182. The molecule has 1 atom stereocenters. The SMILES string of the molecule is COc1cc(/C(O)=C2\C(=O)C(=O)N(Cc3ccco3)C2c2cccs2)c(OC)cc1Cl. The van der Waals surface area contributed by atoms with E-state index in [1.54, 1.807) is 12.1 Å². The molecule has 0 radical (unpaired) electrons. The van der Waals surface area contributed by atoms with Gasteiger partial charge in [-0.15, -0.1) is 11.3 Å². The number of ether oxygens (including phenoxy) is 2. The second kappa shape index (κ2) is 8.49. The molecule has 2 aromatic heterocycles. The first kappa shape index (κ1) is 21.0. The molecule has 0 aliphatic carbocycles. The summed E-state index contributed by atoms with van der Waals surface area (Å²) in [5.74, 6) is -0.832. The minimum atomic E-state index is -0.793. The van der Waals surface area contributed by atoms with Crippen LogP contribution in [0.15, 0.2) is 58.0 Å². The molecule has 3 heterocycles. The lowest BCUT2D eigenvalue weighted by molar-refractivity contribution is -0.140. The molecule has 31 heavy (non-hydrogen) atoms. The van der Waals surface area contributed by atoms with Gasteiger partial charge in [0, 0.05) is 10.9 Å². The minimum Gasteiger partial charge on any atom is -0.507 e. The topological polar surface area (TPSA) is 89.2 Å². The first-order chi connectivity index (χ1) is 15.0. The molecule has 1 aromatic carbocycles. The number of ketones is 1. The number of carbonyl (C=O) groups excluding carboxylic acids is 2. The van der Waals surface area contributed by atoms with E-state index in [4.69, 9.17) is 25.5 Å². The quantitative estimate of drug-likeness (QED) is 0.328. The van der Waals surface area contributed by atoms with Crippen LogP contribution in [0, 0.1) is 0 Å². The molecule has 1 amide bonds. The first-order valence-corrected chi connectivity index (χ1v) is 10.5. The fourth-order valence-corrected chi connectivity index (χ4v) is 4.62. The van der Waals surface area contributed by atoms with E-state index in [1.807, 2.05) is 17.5 Å². The zero-order valence-corrected chi connectivity index (χ0v) is 18.2. The summed E-state index contributed by atoms with van der Waals surface area (Å²) in [5, 5.41) is 13.3. The summed E-state index contributed by atoms with van der Waals surface area (Å²) in [6.45, 7) is 0.0813. The van der Waals surface area contributed by atoms with Crippen molar-refractivity contribution in [3.63, 3.8) is 0 Å². The van der Waals surface area contributed by atoms with Gasteiger partial charge in [0.1, 0.15) is 29.1 Å². The highest BCUT2D eigenvalue weighted by Crippen LogP contribution is 2.44. The van der Waals surface area contributed by atoms with Gasteiger partial charge in [0.15, 0.2) is 0 Å². The van der Waals surface area contributed by atoms with Crippen molar-refractivity contribution in [3.8, 4) is 11.5 Å². The Bertz CT molecular complexity index is 1150. The van der Waals surface area contributed by atoms with Crippen LogP contribution in [-0.4, -0.2) is 35.9 Å². The maximum Gasteiger partial charge on any atom is 0.296 e. The smallest absolute Gasteiger partial charge is 0.296 e. The van der Waals surface area contributed by atoms with Gasteiger partial charge in [-0.05, 0) is 29.6 Å². The van der Waals surface area contributed by atoms with Crippen LogP contribution in [-0.2, 0) is 16.1 Å². The molecule has 1 aliphatic heterocycles. The van der Waals surface area contributed by atoms with Gasteiger partial charge < -0.3 is 23.9 Å². The average molecular weight is 460 g/mol. The summed E-state index contributed by atoms with van der Waals surface area (Å²) in [6.07, 6.45) is 1.50. The fourth-order valence-electron chi connectivity index (χ4n) is 3.55. The molecule has 1 N–H and O–H groups in total. The van der Waals surface area contributed by atoms with E-state index in [2.05, 4.69) is 0 Å². The number of thiophene rings is 1. The third-order valence-electron chi connectivity index (χ3n) is 4.99. The monoisotopic (exact) mass is 459 g/mol. The number of aliphatic hydroxyl groups is 1. The average Bonchev–Trinajstić information content (AvgIpc) is 3.52. The zero-order valence-electron chi connectivity index (χ0n) is 16.6. The molecular formula is C22H18ClNO6S. The van der Waals surface area contributed by atoms with E-state index >= 15 is 0 Å². The summed E-state index contributed by atoms with van der Waals surface area (Å²) in [7, 11) is 2.85. The van der Waals surface area contributed by atoms with Crippen LogP contribution < -0.4 is 9.47 Å². The highest BCUT2D eigenvalue weighted by Gasteiger charge is 2.47. The Balaban J connectivity index is 1.90. The molecule has 9 heteroatoms. The van der Waals surface area contributed by atoms with E-state index in [0.717, 1.165) is 4.88 Å². The molecule has 1 saturated heterocycles. The van der Waals surface area contributed by atoms with E-state index in [9.17, 15) is 14.7 Å². The van der Waals surface area contributed by atoms with Crippen LogP contribution in [0.25, 0.3) is 5.76 Å². The number of carbonyl (C=O) groups is 2. The number of hydrogen-bond donors (Lipinski definition) is 1. The lowest BCUT2D eigenvalue weighted by atomic mass is 9.99. The standard InChI is InChI=1S/C22H18ClNO6S/c1-28-15-10-14(23)16(29-2)9-13(15)20(25)18-19(17-6-4-8-31-17)24(22(27)21(18)26)11-12-5-3-7-30-12/h3-10,19,25H,11H2,1-2H3/b20-18+. The van der Waals surface area contributed by atoms with Crippen LogP contribution in [0.3, 0.4) is 0 Å². The normalized spacial score (nSPS) is 17.9. The van der Waals surface area contributed by atoms with Crippen molar-refractivity contribution in [2.75, 3.05) is 14.2 Å². The second-order valence-electron chi connectivity index (χ2n) is 6.71. The van der Waals surface area contributed by atoms with Gasteiger partial charge in [-0.2, -0.15) is 0 Å². The van der Waals surface area contributed by atoms with Gasteiger partial charge >= 0.3 is 0 Å². The zero-order chi connectivity index (χ0) is 22.1. The van der Waals surface area contributed by atoms with Gasteiger partial charge in [0.05, 0.1) is 43.2 Å². The summed E-state index contributed by atoms with van der Waals surface area (Å²) < 4.78 is 16.0. The lowest BCUT2D eigenvalue weighted by Crippen LogP contribution is -2.28. The molecule has 0 spiro atoms. The van der Waals surface area contributed by atoms with Gasteiger partial charge in [-0.25, -0.2) is 0 Å². The number of furan rings is 1. The van der Waals surface area contributed by atoms with Gasteiger partial charge in [0.2, 0.25) is 0 Å². The molecule has 3 aromatic rings. The molecule has 7 nitrogen and oxygen atoms in total. The number of hydrogen-bond acceptors (Lipinski definition) is 7. The highest BCUT2D eigenvalue weighted by molar-refractivity contribution is 7.10. The minimum absolute atomic E-state index is 0.0401. The van der Waals surface area contributed by atoms with Crippen molar-refractivity contribution in [2.24, 2.45) is 0 Å². The number of benzene rings is 1. The van der Waals surface area contributed by atoms with E-state index < -0.39 is 17.7 Å². The van der Waals surface area contributed by atoms with Crippen LogP contribution in [0.1, 0.15) is 22.2 Å². The van der Waals surface area contributed by atoms with Crippen LogP contribution in [0.5, 0.6) is 11.5 Å². The molecule has 1 aliphatic rings. The van der Waals surface area contributed by atoms with Gasteiger partial charge in [-0.1, -0.05) is 17.7 Å². The molecule has 160 valence electrons. The van der Waals surface area contributed by atoms with Crippen molar-refractivity contribution >= 4 is 40.4 Å². The molecule has 0 bridgehead atoms. The Labute approximate surface area is 187 Å². The molecular weight excluding hydrogens is 442 g/mol. The van der Waals surface area contributed by atoms with Crippen LogP contribution in [0.2, 0.25) is 5.02 Å². The van der Waals surface area contributed by atoms with Crippen molar-refractivity contribution in [2.45, 2.75) is 12.6 Å². The number of rotatable bonds is 6. The number of likely N-dealkylation sites (tertiary alicyclic amines) is 1. The van der Waals surface area contributed by atoms with Gasteiger partial charge in [0.25, 0.3) is 11.7 Å². The summed E-state index contributed by atoms with van der Waals surface area (Å²) in [6, 6.07) is 9.23. The number of halogens is 1. The lowest BCUT2D eigenvalue weighted by Gasteiger charge is -2.23. The van der Waals surface area contributed by atoms with Crippen LogP contribution in [0.4, 0.5) is 0 Å². The largest absolute Gasteiger partial charge is 0.507 e. The number of aliphatic hydroxyl groups excluding tert-OH is 1. The van der Waals surface area contributed by atoms with Crippen molar-refractivity contribution in [3.05, 3.63) is 74.8 Å². The molecule has 1 unspecified atom stereocenters. The summed E-state index contributed by atoms with van der Waals surface area (Å²) in [4.78, 5) is 28.1. The maximum atomic E-state index is 13.1. The van der Waals surface area contributed by atoms with E-state index in [-0.39, 0.29) is 34.2 Å². The second-order valence-corrected chi connectivity index (χ2v) is 8.10. The van der Waals surface area contributed by atoms with E-state index in [1.165, 1.54) is 48.9 Å². The molecule has 0 saturated carbocycles. The number of nitrogens with zero attached hydrogens (tertiary/aromatic N) is 1. The first-order valence-electron chi connectivity index (χ1n) is 9.22. The Kier molecular flexibility index (Phi) is 5.75. The van der Waals surface area contributed by atoms with Crippen molar-refractivity contribution < 1.29 is 28.6 Å². The van der Waals surface area contributed by atoms with Crippen molar-refractivity contribution in [1.82, 2.24) is 4.90 Å². The predicted octanol–water partition coefficient (Wildman–Crippen LogP) is 4.63. The predicted molar refractivity (Wildman–Crippen MR) is 115 cm³/mol. The highest BCUT2D eigenvalue weighted by atomic mass is 35.5. The molecule has 4 rings (SSSR count). The summed E-state index contributed by atoms with van der Waals surface area (Å²) in [5.41, 5.74) is 0.156. The third-order valence-corrected chi connectivity index (χ3v) is 6.21. The van der Waals surface area contributed by atoms with Crippen molar-refractivity contribution in [1.29, 1.82) is 0 Å².